The zero-order valence-corrected chi connectivity index (χ0v) is 9.33. The van der Waals surface area contributed by atoms with Gasteiger partial charge in [0, 0.05) is 14.7 Å². The standard InChI is InChI=1S/C7H6IN3S/c1-12-6-3-11-4-9-10-7(11)2-5(6)8/h2-4H,1H3. The molecule has 0 aliphatic carbocycles. The van der Waals surface area contributed by atoms with Gasteiger partial charge in [-0.05, 0) is 34.9 Å². The minimum Gasteiger partial charge on any atom is -0.288 e. The Kier molecular flexibility index (Phi) is 2.22. The minimum absolute atomic E-state index is 0.900. The zero-order valence-electron chi connectivity index (χ0n) is 6.36. The number of fused-ring (bicyclic) bond motifs is 1. The zero-order chi connectivity index (χ0) is 8.55. The van der Waals surface area contributed by atoms with Gasteiger partial charge in [0.05, 0.1) is 0 Å². The summed E-state index contributed by atoms with van der Waals surface area (Å²) in [4.78, 5) is 1.25. The number of hydrogen-bond acceptors (Lipinski definition) is 3. The molecule has 2 rings (SSSR count). The van der Waals surface area contributed by atoms with Crippen molar-refractivity contribution in [1.29, 1.82) is 0 Å². The van der Waals surface area contributed by atoms with E-state index in [0.29, 0.717) is 0 Å². The Bertz CT molecular complexity index is 412. The normalized spacial score (nSPS) is 10.8. The fourth-order valence-electron chi connectivity index (χ4n) is 0.977. The minimum atomic E-state index is 0.900. The molecular weight excluding hydrogens is 285 g/mol. The molecule has 0 aliphatic rings. The van der Waals surface area contributed by atoms with E-state index in [-0.39, 0.29) is 0 Å². The van der Waals surface area contributed by atoms with Gasteiger partial charge in [-0.3, -0.25) is 4.40 Å². The van der Waals surface area contributed by atoms with Gasteiger partial charge in [0.1, 0.15) is 6.33 Å². The number of thioether (sulfide) groups is 1. The van der Waals surface area contributed by atoms with Gasteiger partial charge in [0.2, 0.25) is 0 Å². The van der Waals surface area contributed by atoms with E-state index in [0.717, 1.165) is 5.65 Å². The third-order valence-corrected chi connectivity index (χ3v) is 3.59. The molecule has 2 heterocycles. The molecule has 12 heavy (non-hydrogen) atoms. The first-order valence-electron chi connectivity index (χ1n) is 3.34. The summed E-state index contributed by atoms with van der Waals surface area (Å²) in [6.07, 6.45) is 5.82. The molecular formula is C7H6IN3S. The van der Waals surface area contributed by atoms with Crippen LogP contribution in [0.25, 0.3) is 5.65 Å². The number of hydrogen-bond donors (Lipinski definition) is 0. The van der Waals surface area contributed by atoms with Gasteiger partial charge in [-0.25, -0.2) is 0 Å². The van der Waals surface area contributed by atoms with E-state index in [1.165, 1.54) is 8.47 Å². The van der Waals surface area contributed by atoms with Crippen molar-refractivity contribution in [2.45, 2.75) is 4.90 Å². The van der Waals surface area contributed by atoms with E-state index >= 15 is 0 Å². The summed E-state index contributed by atoms with van der Waals surface area (Å²) in [7, 11) is 0. The van der Waals surface area contributed by atoms with E-state index < -0.39 is 0 Å². The monoisotopic (exact) mass is 291 g/mol. The van der Waals surface area contributed by atoms with Crippen molar-refractivity contribution in [3.63, 3.8) is 0 Å². The molecule has 0 unspecified atom stereocenters. The van der Waals surface area contributed by atoms with E-state index in [4.69, 9.17) is 0 Å². The molecule has 0 saturated heterocycles. The average molecular weight is 291 g/mol. The number of aromatic nitrogens is 3. The second kappa shape index (κ2) is 3.21. The number of halogens is 1. The molecule has 0 saturated carbocycles. The van der Waals surface area contributed by atoms with Crippen LogP contribution in [0.5, 0.6) is 0 Å². The van der Waals surface area contributed by atoms with Crippen LogP contribution >= 0.6 is 34.4 Å². The van der Waals surface area contributed by atoms with Crippen LogP contribution in [-0.4, -0.2) is 20.9 Å². The lowest BCUT2D eigenvalue weighted by Crippen LogP contribution is -1.87. The van der Waals surface area contributed by atoms with Crippen LogP contribution in [-0.2, 0) is 0 Å². The van der Waals surface area contributed by atoms with Gasteiger partial charge < -0.3 is 0 Å². The quantitative estimate of drug-likeness (QED) is 0.595. The van der Waals surface area contributed by atoms with Crippen LogP contribution in [0, 0.1) is 3.57 Å². The van der Waals surface area contributed by atoms with Crippen molar-refractivity contribution in [3.8, 4) is 0 Å². The highest BCUT2D eigenvalue weighted by atomic mass is 127. The van der Waals surface area contributed by atoms with Crippen LogP contribution in [0.2, 0.25) is 0 Å². The smallest absolute Gasteiger partial charge is 0.161 e. The lowest BCUT2D eigenvalue weighted by atomic mass is 10.5. The van der Waals surface area contributed by atoms with E-state index in [1.54, 1.807) is 18.1 Å². The fraction of sp³-hybridized carbons (Fsp3) is 0.143. The molecule has 62 valence electrons. The first-order valence-corrected chi connectivity index (χ1v) is 5.64. The molecule has 3 nitrogen and oxygen atoms in total. The van der Waals surface area contributed by atoms with Crippen LogP contribution < -0.4 is 0 Å². The van der Waals surface area contributed by atoms with Gasteiger partial charge >= 0.3 is 0 Å². The molecule has 0 aliphatic heterocycles. The molecule has 0 atom stereocenters. The summed E-state index contributed by atoms with van der Waals surface area (Å²) in [5, 5.41) is 7.77. The Labute approximate surface area is 87.7 Å². The van der Waals surface area contributed by atoms with Gasteiger partial charge in [-0.15, -0.1) is 22.0 Å². The molecule has 0 N–H and O–H groups in total. The highest BCUT2D eigenvalue weighted by molar-refractivity contribution is 14.1. The highest BCUT2D eigenvalue weighted by Crippen LogP contribution is 2.22. The maximum atomic E-state index is 3.95. The number of pyridine rings is 1. The maximum absolute atomic E-state index is 3.95. The van der Waals surface area contributed by atoms with Crippen molar-refractivity contribution < 1.29 is 0 Å². The molecule has 0 bridgehead atoms. The molecule has 0 aromatic carbocycles. The Hall–Kier alpha value is -0.300. The third-order valence-electron chi connectivity index (χ3n) is 1.57. The molecule has 0 radical (unpaired) electrons. The number of nitrogens with zero attached hydrogens (tertiary/aromatic N) is 3. The number of rotatable bonds is 1. The Morgan fingerprint density at radius 3 is 3.17 bits per heavy atom. The highest BCUT2D eigenvalue weighted by Gasteiger charge is 2.01. The Morgan fingerprint density at radius 2 is 2.42 bits per heavy atom. The van der Waals surface area contributed by atoms with Gasteiger partial charge in [-0.1, -0.05) is 0 Å². The molecule has 5 heteroatoms. The molecule has 0 amide bonds. The summed E-state index contributed by atoms with van der Waals surface area (Å²) in [6.45, 7) is 0. The first-order chi connectivity index (χ1) is 5.81. The van der Waals surface area contributed by atoms with E-state index in [1.807, 2.05) is 16.7 Å². The maximum Gasteiger partial charge on any atom is 0.161 e. The van der Waals surface area contributed by atoms with Crippen molar-refractivity contribution >= 4 is 40.0 Å². The van der Waals surface area contributed by atoms with E-state index in [9.17, 15) is 0 Å². The second-order valence-electron chi connectivity index (χ2n) is 2.29. The largest absolute Gasteiger partial charge is 0.288 e. The topological polar surface area (TPSA) is 30.2 Å². The third kappa shape index (κ3) is 1.31. The van der Waals surface area contributed by atoms with Crippen molar-refractivity contribution in [3.05, 3.63) is 22.2 Å². The predicted octanol–water partition coefficient (Wildman–Crippen LogP) is 2.06. The van der Waals surface area contributed by atoms with Crippen LogP contribution in [0.1, 0.15) is 0 Å². The lowest BCUT2D eigenvalue weighted by molar-refractivity contribution is 1.09. The van der Waals surface area contributed by atoms with E-state index in [2.05, 4.69) is 39.0 Å². The Balaban J connectivity index is 2.73. The molecule has 0 fully saturated rings. The van der Waals surface area contributed by atoms with Crippen LogP contribution in [0.3, 0.4) is 0 Å². The lowest BCUT2D eigenvalue weighted by Gasteiger charge is -2.00. The second-order valence-corrected chi connectivity index (χ2v) is 4.30. The van der Waals surface area contributed by atoms with Crippen molar-refractivity contribution in [2.24, 2.45) is 0 Å². The SMILES string of the molecule is CSc1cn2cnnc2cc1I. The Morgan fingerprint density at radius 1 is 1.58 bits per heavy atom. The summed E-state index contributed by atoms with van der Waals surface area (Å²) >= 11 is 4.03. The summed E-state index contributed by atoms with van der Waals surface area (Å²) in [6, 6.07) is 2.03. The van der Waals surface area contributed by atoms with Crippen LogP contribution in [0.4, 0.5) is 0 Å². The van der Waals surface area contributed by atoms with Gasteiger partial charge in [-0.2, -0.15) is 0 Å². The van der Waals surface area contributed by atoms with Gasteiger partial charge in [0.25, 0.3) is 0 Å². The summed E-state index contributed by atoms with van der Waals surface area (Å²) < 4.78 is 3.15. The predicted molar refractivity (Wildman–Crippen MR) is 57.5 cm³/mol. The molecule has 0 spiro atoms. The van der Waals surface area contributed by atoms with Crippen LogP contribution in [0.15, 0.2) is 23.5 Å². The summed E-state index contributed by atoms with van der Waals surface area (Å²) in [5.74, 6) is 0. The van der Waals surface area contributed by atoms with Crippen molar-refractivity contribution in [1.82, 2.24) is 14.6 Å². The summed E-state index contributed by atoms with van der Waals surface area (Å²) in [5.41, 5.74) is 0.900. The average Bonchev–Trinajstić information content (AvgIpc) is 2.49. The van der Waals surface area contributed by atoms with Crippen molar-refractivity contribution in [2.75, 3.05) is 6.26 Å². The molecule has 2 aromatic rings. The van der Waals surface area contributed by atoms with Gasteiger partial charge in [0.15, 0.2) is 5.65 Å². The fourth-order valence-corrected chi connectivity index (χ4v) is 2.53. The molecule has 2 aromatic heterocycles. The first kappa shape index (κ1) is 8.31.